The largest absolute Gasteiger partial charge is 0.320 e. The summed E-state index contributed by atoms with van der Waals surface area (Å²) < 4.78 is 1.61. The molecule has 2 heterocycles. The smallest absolute Gasteiger partial charge is 0.267 e. The standard InChI is InChI=1S/C16H21N3O2S/c1-4-6-13-17-11(3)15(22-13)16(21)18-12-7-8-14(20)19(10-12)9-5-2/h7-8,10H,4-6,9H2,1-3H3,(H,18,21). The first-order valence-corrected chi connectivity index (χ1v) is 8.35. The van der Waals surface area contributed by atoms with E-state index in [1.807, 2.05) is 13.8 Å². The third kappa shape index (κ3) is 3.82. The number of carbonyl (C=O) groups excluding carboxylic acids is 1. The van der Waals surface area contributed by atoms with E-state index in [0.717, 1.165) is 30.0 Å². The van der Waals surface area contributed by atoms with Crippen LogP contribution in [0.15, 0.2) is 23.1 Å². The Morgan fingerprint density at radius 3 is 2.77 bits per heavy atom. The molecule has 0 aliphatic rings. The van der Waals surface area contributed by atoms with Crippen LogP contribution in [0.4, 0.5) is 5.69 Å². The minimum atomic E-state index is -0.168. The van der Waals surface area contributed by atoms with Crippen molar-refractivity contribution in [2.45, 2.75) is 46.6 Å². The van der Waals surface area contributed by atoms with Crippen LogP contribution < -0.4 is 10.9 Å². The van der Waals surface area contributed by atoms with E-state index in [1.54, 1.807) is 16.8 Å². The van der Waals surface area contributed by atoms with Crippen molar-refractivity contribution in [2.24, 2.45) is 0 Å². The maximum Gasteiger partial charge on any atom is 0.267 e. The van der Waals surface area contributed by atoms with Gasteiger partial charge in [0.1, 0.15) is 4.88 Å². The number of amides is 1. The first kappa shape index (κ1) is 16.4. The van der Waals surface area contributed by atoms with E-state index in [4.69, 9.17) is 0 Å². The average molecular weight is 319 g/mol. The van der Waals surface area contributed by atoms with Gasteiger partial charge in [-0.3, -0.25) is 9.59 Å². The molecular weight excluding hydrogens is 298 g/mol. The van der Waals surface area contributed by atoms with Gasteiger partial charge in [-0.05, 0) is 32.3 Å². The van der Waals surface area contributed by atoms with Gasteiger partial charge in [-0.2, -0.15) is 0 Å². The second kappa shape index (κ2) is 7.35. The van der Waals surface area contributed by atoms with Crippen molar-refractivity contribution >= 4 is 22.9 Å². The van der Waals surface area contributed by atoms with Gasteiger partial charge in [0.25, 0.3) is 11.5 Å². The molecule has 0 bridgehead atoms. The molecule has 2 rings (SSSR count). The number of thiazole rings is 1. The van der Waals surface area contributed by atoms with Crippen molar-refractivity contribution in [3.63, 3.8) is 0 Å². The second-order valence-corrected chi connectivity index (χ2v) is 6.26. The van der Waals surface area contributed by atoms with Crippen molar-refractivity contribution in [3.8, 4) is 0 Å². The van der Waals surface area contributed by atoms with Crippen LogP contribution in [0.2, 0.25) is 0 Å². The number of carbonyl (C=O) groups is 1. The molecule has 0 aliphatic carbocycles. The Balaban J connectivity index is 2.18. The fourth-order valence-electron chi connectivity index (χ4n) is 2.19. The summed E-state index contributed by atoms with van der Waals surface area (Å²) in [7, 11) is 0. The highest BCUT2D eigenvalue weighted by molar-refractivity contribution is 7.13. The number of anilines is 1. The molecule has 0 unspecified atom stereocenters. The molecule has 0 spiro atoms. The van der Waals surface area contributed by atoms with Crippen LogP contribution in [0.5, 0.6) is 0 Å². The molecule has 2 aromatic heterocycles. The number of rotatable bonds is 6. The Morgan fingerprint density at radius 2 is 2.09 bits per heavy atom. The highest BCUT2D eigenvalue weighted by Crippen LogP contribution is 2.20. The monoisotopic (exact) mass is 319 g/mol. The number of aromatic nitrogens is 2. The van der Waals surface area contributed by atoms with Gasteiger partial charge in [0, 0.05) is 18.8 Å². The summed E-state index contributed by atoms with van der Waals surface area (Å²) in [5.74, 6) is -0.168. The predicted octanol–water partition coefficient (Wildman–Crippen LogP) is 3.23. The Labute approximate surface area is 134 Å². The minimum Gasteiger partial charge on any atom is -0.320 e. The Hall–Kier alpha value is -1.95. The lowest BCUT2D eigenvalue weighted by Crippen LogP contribution is -2.20. The molecule has 118 valence electrons. The van der Waals surface area contributed by atoms with Crippen LogP contribution in [0, 0.1) is 6.92 Å². The van der Waals surface area contributed by atoms with E-state index in [2.05, 4.69) is 17.2 Å². The Bertz CT molecular complexity index is 718. The molecule has 22 heavy (non-hydrogen) atoms. The van der Waals surface area contributed by atoms with Crippen molar-refractivity contribution in [1.29, 1.82) is 0 Å². The summed E-state index contributed by atoms with van der Waals surface area (Å²) in [5.41, 5.74) is 1.33. The predicted molar refractivity (Wildman–Crippen MR) is 89.8 cm³/mol. The van der Waals surface area contributed by atoms with E-state index >= 15 is 0 Å². The minimum absolute atomic E-state index is 0.0564. The Morgan fingerprint density at radius 1 is 1.32 bits per heavy atom. The molecule has 0 fully saturated rings. The number of nitrogens with one attached hydrogen (secondary N) is 1. The summed E-state index contributed by atoms with van der Waals surface area (Å²) in [6.45, 7) is 6.59. The van der Waals surface area contributed by atoms with Crippen molar-refractivity contribution in [1.82, 2.24) is 9.55 Å². The first-order valence-electron chi connectivity index (χ1n) is 7.53. The molecule has 0 aliphatic heterocycles. The number of aryl methyl sites for hydroxylation is 3. The summed E-state index contributed by atoms with van der Waals surface area (Å²) in [6, 6.07) is 3.11. The highest BCUT2D eigenvalue weighted by Gasteiger charge is 2.15. The van der Waals surface area contributed by atoms with Gasteiger partial charge in [0.05, 0.1) is 16.4 Å². The van der Waals surface area contributed by atoms with Crippen LogP contribution >= 0.6 is 11.3 Å². The summed E-state index contributed by atoms with van der Waals surface area (Å²) in [6.07, 6.45) is 4.45. The van der Waals surface area contributed by atoms with Gasteiger partial charge in [0.15, 0.2) is 0 Å². The van der Waals surface area contributed by atoms with Gasteiger partial charge < -0.3 is 9.88 Å². The van der Waals surface area contributed by atoms with E-state index in [-0.39, 0.29) is 11.5 Å². The fourth-order valence-corrected chi connectivity index (χ4v) is 3.25. The zero-order valence-corrected chi connectivity index (χ0v) is 14.0. The third-order valence-corrected chi connectivity index (χ3v) is 4.43. The lowest BCUT2D eigenvalue weighted by Gasteiger charge is -2.08. The lowest BCUT2D eigenvalue weighted by atomic mass is 10.3. The summed E-state index contributed by atoms with van der Waals surface area (Å²) in [5, 5.41) is 3.84. The van der Waals surface area contributed by atoms with Gasteiger partial charge >= 0.3 is 0 Å². The van der Waals surface area contributed by atoms with Crippen molar-refractivity contribution < 1.29 is 4.79 Å². The molecule has 0 saturated heterocycles. The molecular formula is C16H21N3O2S. The lowest BCUT2D eigenvalue weighted by molar-refractivity contribution is 0.102. The molecule has 1 amide bonds. The molecule has 6 heteroatoms. The summed E-state index contributed by atoms with van der Waals surface area (Å²) >= 11 is 1.44. The van der Waals surface area contributed by atoms with Gasteiger partial charge in [-0.25, -0.2) is 4.98 Å². The molecule has 0 aromatic carbocycles. The average Bonchev–Trinajstić information content (AvgIpc) is 2.84. The SMILES string of the molecule is CCCc1nc(C)c(C(=O)Nc2ccc(=O)n(CCC)c2)s1. The van der Waals surface area contributed by atoms with E-state index < -0.39 is 0 Å². The third-order valence-electron chi connectivity index (χ3n) is 3.22. The summed E-state index contributed by atoms with van der Waals surface area (Å²) in [4.78, 5) is 29.1. The fraction of sp³-hybridized carbons (Fsp3) is 0.438. The maximum absolute atomic E-state index is 12.4. The maximum atomic E-state index is 12.4. The van der Waals surface area contributed by atoms with Gasteiger partial charge in [-0.1, -0.05) is 13.8 Å². The number of pyridine rings is 1. The van der Waals surface area contributed by atoms with Crippen molar-refractivity contribution in [3.05, 3.63) is 44.3 Å². The van der Waals surface area contributed by atoms with E-state index in [9.17, 15) is 9.59 Å². The van der Waals surface area contributed by atoms with Gasteiger partial charge in [-0.15, -0.1) is 11.3 Å². The normalized spacial score (nSPS) is 10.7. The first-order chi connectivity index (χ1) is 10.5. The molecule has 1 N–H and O–H groups in total. The van der Waals surface area contributed by atoms with Crippen LogP contribution in [-0.2, 0) is 13.0 Å². The van der Waals surface area contributed by atoms with E-state index in [1.165, 1.54) is 17.4 Å². The molecule has 0 saturated carbocycles. The number of nitrogens with zero attached hydrogens (tertiary/aromatic N) is 2. The number of hydrogen-bond donors (Lipinski definition) is 1. The molecule has 0 radical (unpaired) electrons. The topological polar surface area (TPSA) is 64.0 Å². The zero-order valence-electron chi connectivity index (χ0n) is 13.2. The van der Waals surface area contributed by atoms with Crippen LogP contribution in [0.25, 0.3) is 0 Å². The van der Waals surface area contributed by atoms with Gasteiger partial charge in [0.2, 0.25) is 0 Å². The van der Waals surface area contributed by atoms with E-state index in [0.29, 0.717) is 17.1 Å². The second-order valence-electron chi connectivity index (χ2n) is 5.18. The molecule has 5 nitrogen and oxygen atoms in total. The van der Waals surface area contributed by atoms with Crippen molar-refractivity contribution in [2.75, 3.05) is 5.32 Å². The highest BCUT2D eigenvalue weighted by atomic mass is 32.1. The molecule has 2 aromatic rings. The van der Waals surface area contributed by atoms with Crippen LogP contribution in [-0.4, -0.2) is 15.5 Å². The zero-order chi connectivity index (χ0) is 16.1. The molecule has 0 atom stereocenters. The number of hydrogen-bond acceptors (Lipinski definition) is 4. The van der Waals surface area contributed by atoms with Crippen LogP contribution in [0.3, 0.4) is 0 Å². The quantitative estimate of drug-likeness (QED) is 0.889. The van der Waals surface area contributed by atoms with Crippen LogP contribution in [0.1, 0.15) is 47.1 Å². The Kier molecular flexibility index (Phi) is 5.49.